The Morgan fingerprint density at radius 2 is 1.84 bits per heavy atom. The quantitative estimate of drug-likeness (QED) is 0.489. The number of fused-ring (bicyclic) bond motifs is 1. The number of para-hydroxylation sites is 1. The molecule has 1 heterocycles. The third-order valence-electron chi connectivity index (χ3n) is 5.65. The van der Waals surface area contributed by atoms with Crippen LogP contribution in [0.2, 0.25) is 0 Å². The molecule has 1 aromatic heterocycles. The SMILES string of the molecule is CCCCN(C(=O)C(C)C)C(CC)c1nc2ccccc2c(=O)n1-c1cccc(C)c1. The molecule has 0 radical (unpaired) electrons. The minimum Gasteiger partial charge on any atom is -0.332 e. The summed E-state index contributed by atoms with van der Waals surface area (Å²) in [6.07, 6.45) is 2.59. The molecule has 5 nitrogen and oxygen atoms in total. The summed E-state index contributed by atoms with van der Waals surface area (Å²) in [4.78, 5) is 33.7. The number of unbranched alkanes of at least 4 members (excludes halogenated alkanes) is 1. The Balaban J connectivity index is 2.30. The second-order valence-electron chi connectivity index (χ2n) is 8.43. The van der Waals surface area contributed by atoms with Gasteiger partial charge >= 0.3 is 0 Å². The summed E-state index contributed by atoms with van der Waals surface area (Å²) in [5.74, 6) is 0.603. The third-order valence-corrected chi connectivity index (χ3v) is 5.65. The maximum absolute atomic E-state index is 13.6. The zero-order valence-electron chi connectivity index (χ0n) is 19.3. The molecular formula is C26H33N3O2. The van der Waals surface area contributed by atoms with Crippen molar-refractivity contribution in [1.29, 1.82) is 0 Å². The molecule has 0 aliphatic carbocycles. The maximum atomic E-state index is 13.6. The highest BCUT2D eigenvalue weighted by molar-refractivity contribution is 5.79. The van der Waals surface area contributed by atoms with Gasteiger partial charge in [0.25, 0.3) is 5.56 Å². The van der Waals surface area contributed by atoms with Crippen LogP contribution in [0.15, 0.2) is 53.3 Å². The number of carbonyl (C=O) groups excluding carboxylic acids is 1. The van der Waals surface area contributed by atoms with Crippen molar-refractivity contribution in [1.82, 2.24) is 14.5 Å². The molecule has 3 aromatic rings. The van der Waals surface area contributed by atoms with E-state index in [1.54, 1.807) is 4.57 Å². The summed E-state index contributed by atoms with van der Waals surface area (Å²) in [5, 5.41) is 0.581. The lowest BCUT2D eigenvalue weighted by atomic mass is 10.1. The number of benzene rings is 2. The van der Waals surface area contributed by atoms with Crippen LogP contribution >= 0.6 is 0 Å². The van der Waals surface area contributed by atoms with Crippen LogP contribution in [0, 0.1) is 12.8 Å². The molecule has 0 fully saturated rings. The number of hydrogen-bond donors (Lipinski definition) is 0. The zero-order valence-corrected chi connectivity index (χ0v) is 19.3. The summed E-state index contributed by atoms with van der Waals surface area (Å²) in [7, 11) is 0. The van der Waals surface area contributed by atoms with Crippen LogP contribution in [0.25, 0.3) is 16.6 Å². The lowest BCUT2D eigenvalue weighted by molar-refractivity contribution is -0.137. The first-order valence-corrected chi connectivity index (χ1v) is 11.3. The van der Waals surface area contributed by atoms with E-state index in [1.165, 1.54) is 0 Å². The lowest BCUT2D eigenvalue weighted by Gasteiger charge is -2.33. The molecule has 3 rings (SSSR count). The van der Waals surface area contributed by atoms with Gasteiger partial charge < -0.3 is 4.90 Å². The first-order valence-electron chi connectivity index (χ1n) is 11.3. The molecule has 1 unspecified atom stereocenters. The van der Waals surface area contributed by atoms with Crippen LogP contribution in [-0.2, 0) is 4.79 Å². The molecule has 0 saturated carbocycles. The third kappa shape index (κ3) is 4.71. The van der Waals surface area contributed by atoms with Crippen molar-refractivity contribution in [2.45, 2.75) is 59.9 Å². The van der Waals surface area contributed by atoms with Gasteiger partial charge in [-0.1, -0.05) is 58.4 Å². The van der Waals surface area contributed by atoms with Gasteiger partial charge in [0, 0.05) is 12.5 Å². The molecule has 2 aromatic carbocycles. The van der Waals surface area contributed by atoms with Crippen LogP contribution in [0.4, 0.5) is 0 Å². The van der Waals surface area contributed by atoms with E-state index in [2.05, 4.69) is 13.8 Å². The summed E-state index contributed by atoms with van der Waals surface area (Å²) >= 11 is 0. The van der Waals surface area contributed by atoms with E-state index in [9.17, 15) is 9.59 Å². The summed E-state index contributed by atoms with van der Waals surface area (Å²) in [6.45, 7) is 10.7. The second kappa shape index (κ2) is 9.90. The Bertz CT molecular complexity index is 1120. The highest BCUT2D eigenvalue weighted by Crippen LogP contribution is 2.28. The molecule has 0 spiro atoms. The summed E-state index contributed by atoms with van der Waals surface area (Å²) in [5.41, 5.74) is 2.41. The number of rotatable bonds is 8. The van der Waals surface area contributed by atoms with Crippen molar-refractivity contribution in [2.75, 3.05) is 6.54 Å². The fraction of sp³-hybridized carbons (Fsp3) is 0.423. The number of aromatic nitrogens is 2. The monoisotopic (exact) mass is 419 g/mol. The summed E-state index contributed by atoms with van der Waals surface area (Å²) < 4.78 is 1.70. The van der Waals surface area contributed by atoms with Crippen LogP contribution in [0.1, 0.15) is 64.4 Å². The number of nitrogens with zero attached hydrogens (tertiary/aromatic N) is 3. The van der Waals surface area contributed by atoms with Gasteiger partial charge in [-0.2, -0.15) is 0 Å². The number of amides is 1. The van der Waals surface area contributed by atoms with Gasteiger partial charge in [-0.15, -0.1) is 0 Å². The van der Waals surface area contributed by atoms with Crippen molar-refractivity contribution in [3.8, 4) is 5.69 Å². The van der Waals surface area contributed by atoms with Gasteiger partial charge in [-0.3, -0.25) is 14.2 Å². The highest BCUT2D eigenvalue weighted by Gasteiger charge is 2.29. The van der Waals surface area contributed by atoms with Gasteiger partial charge in [0.15, 0.2) is 0 Å². The Hall–Kier alpha value is -2.95. The minimum absolute atomic E-state index is 0.0958. The van der Waals surface area contributed by atoms with E-state index in [0.717, 1.165) is 24.1 Å². The van der Waals surface area contributed by atoms with E-state index in [0.29, 0.717) is 29.7 Å². The van der Waals surface area contributed by atoms with Crippen molar-refractivity contribution in [2.24, 2.45) is 5.92 Å². The minimum atomic E-state index is -0.278. The second-order valence-corrected chi connectivity index (χ2v) is 8.43. The first kappa shape index (κ1) is 22.7. The number of aryl methyl sites for hydroxylation is 1. The van der Waals surface area contributed by atoms with Crippen LogP contribution in [-0.4, -0.2) is 26.9 Å². The fourth-order valence-corrected chi connectivity index (χ4v) is 4.01. The molecule has 0 aliphatic rings. The fourth-order valence-electron chi connectivity index (χ4n) is 4.01. The van der Waals surface area contributed by atoms with Crippen molar-refractivity contribution < 1.29 is 4.79 Å². The van der Waals surface area contributed by atoms with E-state index < -0.39 is 0 Å². The first-order chi connectivity index (χ1) is 14.9. The van der Waals surface area contributed by atoms with Crippen LogP contribution in [0.3, 0.4) is 0 Å². The largest absolute Gasteiger partial charge is 0.332 e. The average molecular weight is 420 g/mol. The normalized spacial score (nSPS) is 12.3. The standard InChI is InChI=1S/C26H33N3O2/c1-6-8-16-28(25(30)18(3)4)23(7-2)24-27-22-15-10-9-14-21(22)26(31)29(24)20-13-11-12-19(5)17-20/h9-15,17-18,23H,6-8,16H2,1-5H3. The van der Waals surface area contributed by atoms with Crippen molar-refractivity contribution in [3.05, 3.63) is 70.3 Å². The number of carbonyl (C=O) groups is 1. The number of hydrogen-bond acceptors (Lipinski definition) is 3. The molecule has 164 valence electrons. The zero-order chi connectivity index (χ0) is 22.5. The van der Waals surface area contributed by atoms with Gasteiger partial charge in [0.1, 0.15) is 5.82 Å². The van der Waals surface area contributed by atoms with Crippen LogP contribution in [0.5, 0.6) is 0 Å². The summed E-state index contributed by atoms with van der Waals surface area (Å²) in [6, 6.07) is 15.0. The Morgan fingerprint density at radius 1 is 1.10 bits per heavy atom. The maximum Gasteiger partial charge on any atom is 0.266 e. The molecule has 0 bridgehead atoms. The van der Waals surface area contributed by atoms with Gasteiger partial charge in [0.05, 0.1) is 22.6 Å². The topological polar surface area (TPSA) is 55.2 Å². The molecule has 31 heavy (non-hydrogen) atoms. The predicted molar refractivity (Wildman–Crippen MR) is 127 cm³/mol. The molecule has 0 saturated heterocycles. The molecule has 5 heteroatoms. The smallest absolute Gasteiger partial charge is 0.266 e. The predicted octanol–water partition coefficient (Wildman–Crippen LogP) is 5.43. The molecule has 1 atom stereocenters. The van der Waals surface area contributed by atoms with Gasteiger partial charge in [-0.05, 0) is 49.6 Å². The highest BCUT2D eigenvalue weighted by atomic mass is 16.2. The van der Waals surface area contributed by atoms with Gasteiger partial charge in [0.2, 0.25) is 5.91 Å². The van der Waals surface area contributed by atoms with Crippen molar-refractivity contribution >= 4 is 16.8 Å². The van der Waals surface area contributed by atoms with Crippen LogP contribution < -0.4 is 5.56 Å². The molecular weight excluding hydrogens is 386 g/mol. The molecule has 0 N–H and O–H groups in total. The Morgan fingerprint density at radius 3 is 2.48 bits per heavy atom. The molecule has 0 aliphatic heterocycles. The Labute approximate surface area is 184 Å². The van der Waals surface area contributed by atoms with E-state index >= 15 is 0 Å². The average Bonchev–Trinajstić information content (AvgIpc) is 2.76. The molecule has 1 amide bonds. The van der Waals surface area contributed by atoms with Gasteiger partial charge in [-0.25, -0.2) is 4.98 Å². The van der Waals surface area contributed by atoms with E-state index in [-0.39, 0.29) is 23.4 Å². The van der Waals surface area contributed by atoms with E-state index in [4.69, 9.17) is 4.98 Å². The van der Waals surface area contributed by atoms with E-state index in [1.807, 2.05) is 74.2 Å². The van der Waals surface area contributed by atoms with Crippen molar-refractivity contribution in [3.63, 3.8) is 0 Å². The Kier molecular flexibility index (Phi) is 7.26. The lowest BCUT2D eigenvalue weighted by Crippen LogP contribution is -2.41.